The van der Waals surface area contributed by atoms with Crippen LogP contribution >= 0.6 is 0 Å². The van der Waals surface area contributed by atoms with Crippen LogP contribution in [0.15, 0.2) is 22.5 Å². The number of alkyl halides is 12. The van der Waals surface area contributed by atoms with Crippen molar-refractivity contribution in [3.8, 4) is 0 Å². The summed E-state index contributed by atoms with van der Waals surface area (Å²) < 4.78 is 147. The summed E-state index contributed by atoms with van der Waals surface area (Å²) in [6.45, 7) is 0. The molecule has 0 unspecified atom stereocenters. The van der Waals surface area contributed by atoms with Crippen LogP contribution in [0.25, 0.3) is 0 Å². The van der Waals surface area contributed by atoms with Gasteiger partial charge in [-0.2, -0.15) is 52.7 Å². The van der Waals surface area contributed by atoms with Crippen molar-refractivity contribution < 1.29 is 52.7 Å². The molecule has 0 aromatic heterocycles. The van der Waals surface area contributed by atoms with E-state index in [1.165, 1.54) is 0 Å². The first-order valence-electron chi connectivity index (χ1n) is 4.60. The van der Waals surface area contributed by atoms with Crippen LogP contribution in [0.1, 0.15) is 0 Å². The zero-order chi connectivity index (χ0) is 18.3. The molecule has 0 atom stereocenters. The lowest BCUT2D eigenvalue weighted by Gasteiger charge is -2.23. The monoisotopic (exact) mass is 356 g/mol. The van der Waals surface area contributed by atoms with Gasteiger partial charge in [0.15, 0.2) is 0 Å². The second-order valence-electron chi connectivity index (χ2n) is 3.57. The van der Waals surface area contributed by atoms with Crippen LogP contribution in [0.2, 0.25) is 0 Å². The molecule has 0 aromatic rings. The highest BCUT2D eigenvalue weighted by Crippen LogP contribution is 2.46. The van der Waals surface area contributed by atoms with Crippen molar-refractivity contribution in [3.05, 3.63) is 22.5 Å². The number of hydrogen-bond donors (Lipinski definition) is 2. The summed E-state index contributed by atoms with van der Waals surface area (Å²) in [5, 5.41) is 0. The second-order valence-corrected chi connectivity index (χ2v) is 3.57. The van der Waals surface area contributed by atoms with Crippen molar-refractivity contribution in [2.24, 2.45) is 11.5 Å². The number of hydrogen-bond acceptors (Lipinski definition) is 2. The van der Waals surface area contributed by atoms with E-state index >= 15 is 0 Å². The first-order valence-corrected chi connectivity index (χ1v) is 4.60. The van der Waals surface area contributed by atoms with Crippen LogP contribution in [-0.2, 0) is 0 Å². The van der Waals surface area contributed by atoms with E-state index < -0.39 is 47.2 Å². The van der Waals surface area contributed by atoms with E-state index in [1.54, 1.807) is 0 Å². The first-order chi connectivity index (χ1) is 9.31. The molecule has 0 saturated carbocycles. The van der Waals surface area contributed by atoms with Crippen molar-refractivity contribution in [1.82, 2.24) is 0 Å². The first kappa shape index (κ1) is 20.2. The zero-order valence-corrected chi connectivity index (χ0v) is 9.69. The lowest BCUT2D eigenvalue weighted by Crippen LogP contribution is -2.36. The summed E-state index contributed by atoms with van der Waals surface area (Å²) >= 11 is 0. The molecule has 130 valence electrons. The molecule has 2 nitrogen and oxygen atoms in total. The summed E-state index contributed by atoms with van der Waals surface area (Å²) in [4.78, 5) is 0. The fourth-order valence-electron chi connectivity index (χ4n) is 1.14. The van der Waals surface area contributed by atoms with E-state index in [4.69, 9.17) is 0 Å². The highest BCUT2D eigenvalue weighted by atomic mass is 19.4. The largest absolute Gasteiger partial charge is 0.431 e. The van der Waals surface area contributed by atoms with Crippen LogP contribution < -0.4 is 11.5 Å². The van der Waals surface area contributed by atoms with Crippen LogP contribution in [0, 0.1) is 0 Å². The average Bonchev–Trinajstić information content (AvgIpc) is 2.17. The van der Waals surface area contributed by atoms with E-state index in [0.29, 0.717) is 0 Å². The van der Waals surface area contributed by atoms with E-state index in [1.807, 2.05) is 0 Å². The van der Waals surface area contributed by atoms with Gasteiger partial charge in [0.25, 0.3) is 0 Å². The Bertz CT molecular complexity index is 437. The highest BCUT2D eigenvalue weighted by Gasteiger charge is 2.56. The SMILES string of the molecule is N/C(=C(/C(=C(\N)C(F)(F)F)C(F)(F)F)C(F)(F)F)C(F)(F)F. The summed E-state index contributed by atoms with van der Waals surface area (Å²) in [6, 6.07) is 0. The zero-order valence-electron chi connectivity index (χ0n) is 9.69. The van der Waals surface area contributed by atoms with Gasteiger partial charge in [0, 0.05) is 0 Å². The van der Waals surface area contributed by atoms with Crippen molar-refractivity contribution in [3.63, 3.8) is 0 Å². The Morgan fingerprint density at radius 1 is 0.409 bits per heavy atom. The second kappa shape index (κ2) is 5.46. The molecular weight excluding hydrogens is 352 g/mol. The highest BCUT2D eigenvalue weighted by molar-refractivity contribution is 5.46. The van der Waals surface area contributed by atoms with E-state index in [2.05, 4.69) is 11.5 Å². The molecule has 0 aliphatic rings. The van der Waals surface area contributed by atoms with Gasteiger partial charge in [-0.05, 0) is 0 Å². The van der Waals surface area contributed by atoms with E-state index in [-0.39, 0.29) is 0 Å². The van der Waals surface area contributed by atoms with Crippen LogP contribution in [0.4, 0.5) is 52.7 Å². The Morgan fingerprint density at radius 3 is 0.682 bits per heavy atom. The molecule has 0 fully saturated rings. The summed E-state index contributed by atoms with van der Waals surface area (Å²) in [6.07, 6.45) is -25.3. The summed E-state index contributed by atoms with van der Waals surface area (Å²) in [5.41, 5.74) is -6.46. The van der Waals surface area contributed by atoms with Gasteiger partial charge in [-0.3, -0.25) is 0 Å². The van der Waals surface area contributed by atoms with Crippen LogP contribution in [0.5, 0.6) is 0 Å². The third-order valence-electron chi connectivity index (χ3n) is 1.97. The Hall–Kier alpha value is -1.76. The summed E-state index contributed by atoms with van der Waals surface area (Å²) in [5.74, 6) is 0. The molecule has 0 spiro atoms. The standard InChI is InChI=1S/C8H4F12N2/c9-5(10,11)1(3(21)7(15,16)17)2(6(12,13)14)4(22)8(18,19)20/h21-22H2/b3-1-,4-2+. The lowest BCUT2D eigenvalue weighted by atomic mass is 9.99. The molecule has 0 radical (unpaired) electrons. The number of halogens is 12. The van der Waals surface area contributed by atoms with Crippen molar-refractivity contribution in [2.45, 2.75) is 24.7 Å². The lowest BCUT2D eigenvalue weighted by molar-refractivity contribution is -0.136. The molecule has 0 heterocycles. The third-order valence-corrected chi connectivity index (χ3v) is 1.97. The minimum Gasteiger partial charge on any atom is -0.394 e. The van der Waals surface area contributed by atoms with Crippen LogP contribution in [0.3, 0.4) is 0 Å². The van der Waals surface area contributed by atoms with Gasteiger partial charge < -0.3 is 11.5 Å². The fraction of sp³-hybridized carbons (Fsp3) is 0.500. The maximum Gasteiger partial charge on any atom is 0.431 e. The van der Waals surface area contributed by atoms with E-state index in [9.17, 15) is 52.7 Å². The maximum atomic E-state index is 12.4. The molecule has 0 aliphatic heterocycles. The Balaban J connectivity index is 6.95. The van der Waals surface area contributed by atoms with E-state index in [0.717, 1.165) is 0 Å². The van der Waals surface area contributed by atoms with Gasteiger partial charge in [-0.25, -0.2) is 0 Å². The predicted octanol–water partition coefficient (Wildman–Crippen LogP) is 3.66. The molecule has 0 amide bonds. The average molecular weight is 356 g/mol. The van der Waals surface area contributed by atoms with Crippen molar-refractivity contribution in [2.75, 3.05) is 0 Å². The minimum absolute atomic E-state index is 3.40. The maximum absolute atomic E-state index is 12.4. The predicted molar refractivity (Wildman–Crippen MR) is 46.6 cm³/mol. The quantitative estimate of drug-likeness (QED) is 0.557. The fourth-order valence-corrected chi connectivity index (χ4v) is 1.14. The molecule has 0 bridgehead atoms. The van der Waals surface area contributed by atoms with Gasteiger partial charge in [0.2, 0.25) is 0 Å². The molecule has 0 saturated heterocycles. The molecule has 0 aliphatic carbocycles. The van der Waals surface area contributed by atoms with Gasteiger partial charge in [0.1, 0.15) is 11.4 Å². The molecule has 0 rings (SSSR count). The molecule has 22 heavy (non-hydrogen) atoms. The van der Waals surface area contributed by atoms with Gasteiger partial charge in [0.05, 0.1) is 11.1 Å². The van der Waals surface area contributed by atoms with Crippen molar-refractivity contribution in [1.29, 1.82) is 0 Å². The van der Waals surface area contributed by atoms with Gasteiger partial charge in [-0.15, -0.1) is 0 Å². The Morgan fingerprint density at radius 2 is 0.591 bits per heavy atom. The molecular formula is C8H4F12N2. The Kier molecular flexibility index (Phi) is 5.02. The topological polar surface area (TPSA) is 52.0 Å². The smallest absolute Gasteiger partial charge is 0.394 e. The normalized spacial score (nSPS) is 17.1. The summed E-state index contributed by atoms with van der Waals surface area (Å²) in [7, 11) is 0. The number of allylic oxidation sites excluding steroid dienone is 4. The van der Waals surface area contributed by atoms with Gasteiger partial charge in [-0.1, -0.05) is 0 Å². The minimum atomic E-state index is -6.50. The molecule has 14 heteroatoms. The van der Waals surface area contributed by atoms with Crippen LogP contribution in [-0.4, -0.2) is 24.7 Å². The van der Waals surface area contributed by atoms with Gasteiger partial charge >= 0.3 is 24.7 Å². The van der Waals surface area contributed by atoms with Crippen molar-refractivity contribution >= 4 is 0 Å². The number of nitrogens with two attached hydrogens (primary N) is 2. The Labute approximate surface area is 113 Å². The third kappa shape index (κ3) is 4.62. The number of rotatable bonds is 1. The molecule has 4 N–H and O–H groups in total. The molecule has 0 aromatic carbocycles.